The SMILES string of the molecule is COCCN(CC(C)(O)C(C)C)C(C)C1CC1. The van der Waals surface area contributed by atoms with Crippen molar-refractivity contribution in [3.8, 4) is 0 Å². The Balaban J connectivity index is 2.55. The first-order chi connectivity index (χ1) is 7.88. The molecule has 0 bridgehead atoms. The second-order valence-corrected chi connectivity index (χ2v) is 6.05. The number of hydrogen-bond acceptors (Lipinski definition) is 3. The van der Waals surface area contributed by atoms with Crippen LogP contribution in [0.3, 0.4) is 0 Å². The summed E-state index contributed by atoms with van der Waals surface area (Å²) >= 11 is 0. The Bertz CT molecular complexity index is 224. The van der Waals surface area contributed by atoms with Crippen LogP contribution in [-0.2, 0) is 4.74 Å². The minimum absolute atomic E-state index is 0.277. The highest BCUT2D eigenvalue weighted by molar-refractivity contribution is 4.89. The third kappa shape index (κ3) is 4.57. The highest BCUT2D eigenvalue weighted by Crippen LogP contribution is 2.35. The summed E-state index contributed by atoms with van der Waals surface area (Å²) in [5, 5.41) is 10.4. The van der Waals surface area contributed by atoms with Crippen molar-refractivity contribution in [1.82, 2.24) is 4.90 Å². The summed E-state index contributed by atoms with van der Waals surface area (Å²) in [6.45, 7) is 10.8. The fraction of sp³-hybridized carbons (Fsp3) is 1.00. The van der Waals surface area contributed by atoms with E-state index in [1.54, 1.807) is 7.11 Å². The van der Waals surface area contributed by atoms with Gasteiger partial charge in [0.25, 0.3) is 0 Å². The molecule has 1 saturated carbocycles. The average molecular weight is 243 g/mol. The Hall–Kier alpha value is -0.120. The van der Waals surface area contributed by atoms with E-state index in [9.17, 15) is 5.11 Å². The van der Waals surface area contributed by atoms with Gasteiger partial charge in [0.05, 0.1) is 12.2 Å². The molecule has 17 heavy (non-hydrogen) atoms. The van der Waals surface area contributed by atoms with Gasteiger partial charge >= 0.3 is 0 Å². The van der Waals surface area contributed by atoms with Crippen LogP contribution in [0, 0.1) is 11.8 Å². The van der Waals surface area contributed by atoms with Gasteiger partial charge < -0.3 is 9.84 Å². The molecule has 2 atom stereocenters. The summed E-state index contributed by atoms with van der Waals surface area (Å²) in [5.41, 5.74) is -0.614. The number of ether oxygens (including phenoxy) is 1. The van der Waals surface area contributed by atoms with Gasteiger partial charge in [0.2, 0.25) is 0 Å². The largest absolute Gasteiger partial charge is 0.389 e. The summed E-state index contributed by atoms with van der Waals surface area (Å²) < 4.78 is 5.17. The normalized spacial score (nSPS) is 21.9. The van der Waals surface area contributed by atoms with Gasteiger partial charge in [-0.25, -0.2) is 0 Å². The highest BCUT2D eigenvalue weighted by atomic mass is 16.5. The van der Waals surface area contributed by atoms with Gasteiger partial charge in [-0.2, -0.15) is 0 Å². The minimum Gasteiger partial charge on any atom is -0.389 e. The van der Waals surface area contributed by atoms with Crippen molar-refractivity contribution in [3.63, 3.8) is 0 Å². The molecule has 2 unspecified atom stereocenters. The molecule has 0 heterocycles. The van der Waals surface area contributed by atoms with Crippen LogP contribution in [0.1, 0.15) is 40.5 Å². The monoisotopic (exact) mass is 243 g/mol. The average Bonchev–Trinajstić information content (AvgIpc) is 3.06. The van der Waals surface area contributed by atoms with Crippen molar-refractivity contribution in [1.29, 1.82) is 0 Å². The molecule has 0 amide bonds. The quantitative estimate of drug-likeness (QED) is 0.709. The zero-order valence-electron chi connectivity index (χ0n) is 12.1. The molecule has 0 spiro atoms. The summed E-state index contributed by atoms with van der Waals surface area (Å²) in [6, 6.07) is 0.565. The van der Waals surface area contributed by atoms with E-state index < -0.39 is 5.60 Å². The summed E-state index contributed by atoms with van der Waals surface area (Å²) in [5.74, 6) is 1.11. The van der Waals surface area contributed by atoms with Crippen LogP contribution in [0.25, 0.3) is 0 Å². The highest BCUT2D eigenvalue weighted by Gasteiger charge is 2.35. The van der Waals surface area contributed by atoms with Crippen LogP contribution in [-0.4, -0.2) is 48.5 Å². The van der Waals surface area contributed by atoms with E-state index in [1.165, 1.54) is 12.8 Å². The zero-order chi connectivity index (χ0) is 13.1. The summed E-state index contributed by atoms with van der Waals surface area (Å²) in [4.78, 5) is 2.39. The molecular formula is C14H29NO2. The van der Waals surface area contributed by atoms with Gasteiger partial charge in [-0.1, -0.05) is 13.8 Å². The maximum Gasteiger partial charge on any atom is 0.0768 e. The van der Waals surface area contributed by atoms with Crippen LogP contribution in [0.4, 0.5) is 0 Å². The Morgan fingerprint density at radius 1 is 1.35 bits per heavy atom. The smallest absolute Gasteiger partial charge is 0.0768 e. The van der Waals surface area contributed by atoms with Crippen molar-refractivity contribution in [2.75, 3.05) is 26.8 Å². The van der Waals surface area contributed by atoms with Crippen LogP contribution in [0.5, 0.6) is 0 Å². The molecule has 0 saturated heterocycles. The molecule has 1 N–H and O–H groups in total. The minimum atomic E-state index is -0.614. The van der Waals surface area contributed by atoms with Gasteiger partial charge in [0, 0.05) is 26.2 Å². The lowest BCUT2D eigenvalue weighted by Gasteiger charge is -2.37. The molecule has 3 heteroatoms. The molecule has 0 aromatic carbocycles. The number of aliphatic hydroxyl groups is 1. The van der Waals surface area contributed by atoms with E-state index in [-0.39, 0.29) is 5.92 Å². The van der Waals surface area contributed by atoms with Gasteiger partial charge in [0.1, 0.15) is 0 Å². The first-order valence-electron chi connectivity index (χ1n) is 6.84. The van der Waals surface area contributed by atoms with Crippen molar-refractivity contribution < 1.29 is 9.84 Å². The summed E-state index contributed by atoms with van der Waals surface area (Å²) in [6.07, 6.45) is 2.68. The Labute approximate surface area is 106 Å². The number of nitrogens with zero attached hydrogens (tertiary/aromatic N) is 1. The molecule has 3 nitrogen and oxygen atoms in total. The van der Waals surface area contributed by atoms with Crippen molar-refractivity contribution in [2.45, 2.75) is 52.2 Å². The van der Waals surface area contributed by atoms with Crippen LogP contribution < -0.4 is 0 Å². The van der Waals surface area contributed by atoms with Crippen LogP contribution in [0.2, 0.25) is 0 Å². The maximum atomic E-state index is 10.4. The lowest BCUT2D eigenvalue weighted by atomic mass is 9.91. The van der Waals surface area contributed by atoms with Crippen LogP contribution in [0.15, 0.2) is 0 Å². The van der Waals surface area contributed by atoms with E-state index in [0.717, 1.165) is 25.6 Å². The van der Waals surface area contributed by atoms with E-state index in [4.69, 9.17) is 4.74 Å². The fourth-order valence-corrected chi connectivity index (χ4v) is 2.11. The number of rotatable bonds is 8. The van der Waals surface area contributed by atoms with E-state index in [1.807, 2.05) is 6.92 Å². The Morgan fingerprint density at radius 3 is 2.35 bits per heavy atom. The zero-order valence-corrected chi connectivity index (χ0v) is 12.1. The number of methoxy groups -OCH3 is 1. The number of hydrogen-bond donors (Lipinski definition) is 1. The van der Waals surface area contributed by atoms with E-state index >= 15 is 0 Å². The maximum absolute atomic E-state index is 10.4. The van der Waals surface area contributed by atoms with Crippen molar-refractivity contribution >= 4 is 0 Å². The molecule has 1 aliphatic rings. The Morgan fingerprint density at radius 2 is 1.94 bits per heavy atom. The molecule has 102 valence electrons. The standard InChI is InChI=1S/C14H29NO2/c1-11(2)14(4,16)10-15(8-9-17-5)12(3)13-6-7-13/h11-13,16H,6-10H2,1-5H3. The first-order valence-corrected chi connectivity index (χ1v) is 6.84. The second kappa shape index (κ2) is 6.17. The Kier molecular flexibility index (Phi) is 5.42. The van der Waals surface area contributed by atoms with E-state index in [0.29, 0.717) is 6.04 Å². The second-order valence-electron chi connectivity index (χ2n) is 6.05. The lowest BCUT2D eigenvalue weighted by Crippen LogP contribution is -2.49. The predicted molar refractivity (Wildman–Crippen MR) is 71.1 cm³/mol. The topological polar surface area (TPSA) is 32.7 Å². The van der Waals surface area contributed by atoms with Crippen molar-refractivity contribution in [2.24, 2.45) is 11.8 Å². The first kappa shape index (κ1) is 14.9. The molecule has 0 aliphatic heterocycles. The van der Waals surface area contributed by atoms with Gasteiger partial charge in [-0.15, -0.1) is 0 Å². The van der Waals surface area contributed by atoms with Gasteiger partial charge in [-0.3, -0.25) is 4.90 Å². The van der Waals surface area contributed by atoms with Gasteiger partial charge in [0.15, 0.2) is 0 Å². The molecule has 0 aromatic heterocycles. The lowest BCUT2D eigenvalue weighted by molar-refractivity contribution is -0.0346. The molecule has 1 rings (SSSR count). The van der Waals surface area contributed by atoms with E-state index in [2.05, 4.69) is 25.7 Å². The van der Waals surface area contributed by atoms with Crippen LogP contribution >= 0.6 is 0 Å². The molecule has 0 radical (unpaired) electrons. The molecular weight excluding hydrogens is 214 g/mol. The van der Waals surface area contributed by atoms with Gasteiger partial charge in [-0.05, 0) is 38.5 Å². The molecule has 1 fully saturated rings. The summed E-state index contributed by atoms with van der Waals surface area (Å²) in [7, 11) is 1.74. The third-order valence-electron chi connectivity index (χ3n) is 4.23. The third-order valence-corrected chi connectivity index (χ3v) is 4.23. The molecule has 0 aromatic rings. The fourth-order valence-electron chi connectivity index (χ4n) is 2.11. The van der Waals surface area contributed by atoms with Crippen molar-refractivity contribution in [3.05, 3.63) is 0 Å². The predicted octanol–water partition coefficient (Wildman–Crippen LogP) is 2.14. The molecule has 1 aliphatic carbocycles.